The Morgan fingerprint density at radius 2 is 1.76 bits per heavy atom. The number of benzene rings is 2. The molecule has 0 atom stereocenters. The smallest absolute Gasteiger partial charge is 0.256 e. The Morgan fingerprint density at radius 1 is 1.06 bits per heavy atom. The zero-order valence-corrected chi connectivity index (χ0v) is 19.6. The Bertz CT molecular complexity index is 1190. The molecule has 0 spiro atoms. The van der Waals surface area contributed by atoms with Crippen LogP contribution in [0.5, 0.6) is 0 Å². The minimum Gasteiger partial charge on any atom is -0.384 e. The largest absolute Gasteiger partial charge is 0.384 e. The van der Waals surface area contributed by atoms with Crippen LogP contribution in [-0.2, 0) is 9.84 Å². The molecular formula is C24H28FN3O4S. The molecule has 4 rings (SSSR count). The minimum atomic E-state index is -3.46. The number of rotatable bonds is 7. The number of Topliss-reactive ketones (excluding diaryl/α,β-unsaturated/α-hetero) is 1. The van der Waals surface area contributed by atoms with Gasteiger partial charge in [0.05, 0.1) is 16.1 Å². The number of halogens is 1. The molecule has 1 saturated carbocycles. The summed E-state index contributed by atoms with van der Waals surface area (Å²) in [5, 5.41) is 3.30. The van der Waals surface area contributed by atoms with Crippen LogP contribution in [0.3, 0.4) is 0 Å². The summed E-state index contributed by atoms with van der Waals surface area (Å²) >= 11 is 0. The average Bonchev–Trinajstić information content (AvgIpc) is 3.61. The fourth-order valence-corrected chi connectivity index (χ4v) is 4.61. The first-order valence-electron chi connectivity index (χ1n) is 11.1. The van der Waals surface area contributed by atoms with E-state index in [0.29, 0.717) is 54.6 Å². The number of sulfone groups is 1. The van der Waals surface area contributed by atoms with Gasteiger partial charge in [0.2, 0.25) is 0 Å². The van der Waals surface area contributed by atoms with E-state index in [9.17, 15) is 22.4 Å². The Kier molecular flexibility index (Phi) is 6.43. The predicted octanol–water partition coefficient (Wildman–Crippen LogP) is 3.22. The van der Waals surface area contributed by atoms with Crippen LogP contribution in [0.15, 0.2) is 41.3 Å². The average molecular weight is 474 g/mol. The van der Waals surface area contributed by atoms with E-state index in [1.54, 1.807) is 23.1 Å². The fourth-order valence-electron chi connectivity index (χ4n) is 3.96. The highest BCUT2D eigenvalue weighted by Crippen LogP contribution is 2.31. The normalized spacial score (nSPS) is 16.6. The van der Waals surface area contributed by atoms with Crippen molar-refractivity contribution in [3.05, 3.63) is 53.3 Å². The van der Waals surface area contributed by atoms with E-state index in [-0.39, 0.29) is 16.6 Å². The molecule has 1 aliphatic carbocycles. The number of ketones is 1. The standard InChI is InChI=1S/C24H28FN3O4S/c1-16(29)18-5-8-23(21(25)13-18)27-9-11-28(12-10-27)24(30)20-14-19(33(2,31)32)6-7-22(20)26-15-17-3-4-17/h5-8,13-14,17,26H,3-4,9-12,15H2,1-2H3. The van der Waals surface area contributed by atoms with Crippen LogP contribution in [0.25, 0.3) is 0 Å². The molecule has 9 heteroatoms. The SMILES string of the molecule is CC(=O)c1ccc(N2CCN(C(=O)c3cc(S(C)(=O)=O)ccc3NCC3CC3)CC2)c(F)c1. The van der Waals surface area contributed by atoms with Crippen molar-refractivity contribution in [2.75, 3.05) is 49.2 Å². The van der Waals surface area contributed by atoms with E-state index in [4.69, 9.17) is 0 Å². The van der Waals surface area contributed by atoms with Crippen molar-refractivity contribution in [1.82, 2.24) is 4.90 Å². The number of hydrogen-bond donors (Lipinski definition) is 1. The van der Waals surface area contributed by atoms with Gasteiger partial charge in [0, 0.05) is 50.2 Å². The lowest BCUT2D eigenvalue weighted by atomic mass is 10.1. The van der Waals surface area contributed by atoms with Crippen molar-refractivity contribution in [2.45, 2.75) is 24.7 Å². The second-order valence-electron chi connectivity index (χ2n) is 8.81. The van der Waals surface area contributed by atoms with Gasteiger partial charge in [-0.3, -0.25) is 9.59 Å². The number of carbonyl (C=O) groups is 2. The summed E-state index contributed by atoms with van der Waals surface area (Å²) in [4.78, 5) is 28.4. The van der Waals surface area contributed by atoms with E-state index in [1.165, 1.54) is 25.1 Å². The van der Waals surface area contributed by atoms with Gasteiger partial charge in [0.1, 0.15) is 5.82 Å². The van der Waals surface area contributed by atoms with Gasteiger partial charge in [-0.1, -0.05) is 0 Å². The summed E-state index contributed by atoms with van der Waals surface area (Å²) in [6, 6.07) is 9.07. The second-order valence-corrected chi connectivity index (χ2v) is 10.8. The quantitative estimate of drug-likeness (QED) is 0.622. The van der Waals surface area contributed by atoms with Crippen molar-refractivity contribution >= 4 is 32.9 Å². The zero-order chi connectivity index (χ0) is 23.8. The number of carbonyl (C=O) groups excluding carboxylic acids is 2. The van der Waals surface area contributed by atoms with Crippen LogP contribution in [0.2, 0.25) is 0 Å². The van der Waals surface area contributed by atoms with Crippen molar-refractivity contribution in [1.29, 1.82) is 0 Å². The number of amides is 1. The first-order valence-corrected chi connectivity index (χ1v) is 13.0. The summed E-state index contributed by atoms with van der Waals surface area (Å²) in [7, 11) is -3.46. The molecule has 2 fully saturated rings. The maximum Gasteiger partial charge on any atom is 0.256 e. The van der Waals surface area contributed by atoms with Gasteiger partial charge in [-0.25, -0.2) is 12.8 Å². The molecule has 1 saturated heterocycles. The summed E-state index contributed by atoms with van der Waals surface area (Å²) in [5.41, 5.74) is 1.69. The first kappa shape index (κ1) is 23.2. The lowest BCUT2D eigenvalue weighted by Crippen LogP contribution is -2.49. The Balaban J connectivity index is 1.50. The third-order valence-corrected chi connectivity index (χ3v) is 7.30. The Morgan fingerprint density at radius 3 is 2.33 bits per heavy atom. The van der Waals surface area contributed by atoms with Crippen molar-refractivity contribution in [2.24, 2.45) is 5.92 Å². The highest BCUT2D eigenvalue weighted by Gasteiger charge is 2.27. The Hall–Kier alpha value is -2.94. The summed E-state index contributed by atoms with van der Waals surface area (Å²) in [6.45, 7) is 3.75. The van der Waals surface area contributed by atoms with Gasteiger partial charge >= 0.3 is 0 Å². The minimum absolute atomic E-state index is 0.106. The van der Waals surface area contributed by atoms with Crippen LogP contribution >= 0.6 is 0 Å². The highest BCUT2D eigenvalue weighted by molar-refractivity contribution is 7.90. The molecule has 0 radical (unpaired) electrons. The van der Waals surface area contributed by atoms with E-state index in [1.807, 2.05) is 4.90 Å². The van der Waals surface area contributed by atoms with Gasteiger partial charge in [0.25, 0.3) is 5.91 Å². The first-order chi connectivity index (χ1) is 15.6. The molecular weight excluding hydrogens is 445 g/mol. The van der Waals surface area contributed by atoms with Crippen molar-refractivity contribution in [3.63, 3.8) is 0 Å². The molecule has 0 bridgehead atoms. The molecule has 1 N–H and O–H groups in total. The molecule has 1 aliphatic heterocycles. The van der Waals surface area contributed by atoms with Crippen molar-refractivity contribution in [3.8, 4) is 0 Å². The summed E-state index contributed by atoms with van der Waals surface area (Å²) in [6.07, 6.45) is 3.44. The number of piperazine rings is 1. The maximum atomic E-state index is 14.5. The number of nitrogens with zero attached hydrogens (tertiary/aromatic N) is 2. The van der Waals surface area contributed by atoms with Crippen LogP contribution in [0.1, 0.15) is 40.5 Å². The van der Waals surface area contributed by atoms with Crippen molar-refractivity contribution < 1.29 is 22.4 Å². The van der Waals surface area contributed by atoms with E-state index >= 15 is 0 Å². The monoisotopic (exact) mass is 473 g/mol. The maximum absolute atomic E-state index is 14.5. The van der Waals surface area contributed by atoms with Gasteiger partial charge in [-0.15, -0.1) is 0 Å². The predicted molar refractivity (Wildman–Crippen MR) is 125 cm³/mol. The zero-order valence-electron chi connectivity index (χ0n) is 18.8. The third-order valence-electron chi connectivity index (χ3n) is 6.19. The molecule has 176 valence electrons. The lowest BCUT2D eigenvalue weighted by Gasteiger charge is -2.36. The summed E-state index contributed by atoms with van der Waals surface area (Å²) in [5.74, 6) is -0.311. The molecule has 0 unspecified atom stereocenters. The fraction of sp³-hybridized carbons (Fsp3) is 0.417. The summed E-state index contributed by atoms with van der Waals surface area (Å²) < 4.78 is 38.7. The molecule has 2 aliphatic rings. The number of nitrogens with one attached hydrogen (secondary N) is 1. The van der Waals surface area contributed by atoms with E-state index in [0.717, 1.165) is 25.6 Å². The molecule has 1 amide bonds. The molecule has 2 aromatic rings. The molecule has 7 nitrogen and oxygen atoms in total. The third kappa shape index (κ3) is 5.35. The molecule has 0 aromatic heterocycles. The van der Waals surface area contributed by atoms with E-state index in [2.05, 4.69) is 5.32 Å². The number of hydrogen-bond acceptors (Lipinski definition) is 6. The van der Waals surface area contributed by atoms with Crippen LogP contribution in [0.4, 0.5) is 15.8 Å². The van der Waals surface area contributed by atoms with Gasteiger partial charge in [-0.2, -0.15) is 0 Å². The molecule has 1 heterocycles. The van der Waals surface area contributed by atoms with Crippen LogP contribution in [-0.4, -0.2) is 64.0 Å². The van der Waals surface area contributed by atoms with Crippen LogP contribution in [0, 0.1) is 11.7 Å². The molecule has 33 heavy (non-hydrogen) atoms. The topological polar surface area (TPSA) is 86.8 Å². The second kappa shape index (κ2) is 9.13. The molecule has 2 aromatic carbocycles. The lowest BCUT2D eigenvalue weighted by molar-refractivity contribution is 0.0747. The number of anilines is 2. The van der Waals surface area contributed by atoms with Gasteiger partial charge in [0.15, 0.2) is 15.6 Å². The Labute approximate surface area is 193 Å². The van der Waals surface area contributed by atoms with Gasteiger partial charge in [-0.05, 0) is 62.1 Å². The highest BCUT2D eigenvalue weighted by atomic mass is 32.2. The van der Waals surface area contributed by atoms with Gasteiger partial charge < -0.3 is 15.1 Å². The van der Waals surface area contributed by atoms with Crippen LogP contribution < -0.4 is 10.2 Å². The van der Waals surface area contributed by atoms with E-state index < -0.39 is 15.7 Å².